The lowest BCUT2D eigenvalue weighted by Crippen LogP contribution is -2.01. The van der Waals surface area contributed by atoms with E-state index >= 15 is 0 Å². The second-order valence-electron chi connectivity index (χ2n) is 3.95. The minimum Gasteiger partial charge on any atom is -0.361 e. The molecule has 0 fully saturated rings. The van der Waals surface area contributed by atoms with Gasteiger partial charge in [-0.15, -0.1) is 5.92 Å². The highest BCUT2D eigenvalue weighted by molar-refractivity contribution is 5.85. The van der Waals surface area contributed by atoms with E-state index in [4.69, 9.17) is 4.74 Å². The zero-order valence-electron chi connectivity index (χ0n) is 10.2. The lowest BCUT2D eigenvalue weighted by Gasteiger charge is -2.14. The van der Waals surface area contributed by atoms with Crippen LogP contribution in [0.2, 0.25) is 0 Å². The zero-order chi connectivity index (χ0) is 12.1. The number of hydrogen-bond donors (Lipinski definition) is 0. The molecule has 0 unspecified atom stereocenters. The molecule has 2 aromatic carbocycles. The number of ether oxygens (including phenoxy) is 1. The maximum absolute atomic E-state index is 5.70. The lowest BCUT2D eigenvalue weighted by atomic mass is 10.0. The topological polar surface area (TPSA) is 9.23 Å². The van der Waals surface area contributed by atoms with Gasteiger partial charge in [0.1, 0.15) is 6.61 Å². The number of fused-ring (bicyclic) bond motifs is 1. The zero-order valence-corrected chi connectivity index (χ0v) is 10.2. The van der Waals surface area contributed by atoms with Crippen LogP contribution in [-0.4, -0.2) is 6.61 Å². The Kier molecular flexibility index (Phi) is 3.80. The van der Waals surface area contributed by atoms with Gasteiger partial charge in [-0.05, 0) is 30.2 Å². The summed E-state index contributed by atoms with van der Waals surface area (Å²) in [6.45, 7) is 4.38. The van der Waals surface area contributed by atoms with Crippen LogP contribution in [0.3, 0.4) is 0 Å². The van der Waals surface area contributed by atoms with Crippen molar-refractivity contribution < 1.29 is 4.74 Å². The number of rotatable bonds is 3. The van der Waals surface area contributed by atoms with Crippen LogP contribution in [0.25, 0.3) is 10.8 Å². The second kappa shape index (κ2) is 5.52. The molecule has 0 aliphatic heterocycles. The average molecular weight is 224 g/mol. The Bertz CT molecular complexity index is 555. The molecule has 1 atom stereocenters. The standard InChI is InChI=1S/C16H16O/c1-3-4-12-17-13(2)15-11-7-9-14-8-5-6-10-16(14)15/h5-11,13H,12H2,1-2H3/t13-/m0/s1. The lowest BCUT2D eigenvalue weighted by molar-refractivity contribution is 0.0937. The highest BCUT2D eigenvalue weighted by atomic mass is 16.5. The predicted molar refractivity (Wildman–Crippen MR) is 71.8 cm³/mol. The van der Waals surface area contributed by atoms with Crippen molar-refractivity contribution in [1.29, 1.82) is 0 Å². The normalized spacial score (nSPS) is 11.9. The molecule has 0 bridgehead atoms. The molecule has 1 nitrogen and oxygen atoms in total. The fraction of sp³-hybridized carbons (Fsp3) is 0.250. The molecule has 0 heterocycles. The summed E-state index contributed by atoms with van der Waals surface area (Å²) >= 11 is 0. The van der Waals surface area contributed by atoms with Crippen molar-refractivity contribution >= 4 is 10.8 Å². The van der Waals surface area contributed by atoms with Crippen molar-refractivity contribution in [2.24, 2.45) is 0 Å². The smallest absolute Gasteiger partial charge is 0.108 e. The van der Waals surface area contributed by atoms with Gasteiger partial charge in [-0.1, -0.05) is 48.4 Å². The van der Waals surface area contributed by atoms with Gasteiger partial charge in [0.2, 0.25) is 0 Å². The summed E-state index contributed by atoms with van der Waals surface area (Å²) in [6, 6.07) is 14.7. The first-order valence-corrected chi connectivity index (χ1v) is 5.82. The van der Waals surface area contributed by atoms with Crippen molar-refractivity contribution in [3.63, 3.8) is 0 Å². The summed E-state index contributed by atoms with van der Waals surface area (Å²) in [7, 11) is 0. The number of benzene rings is 2. The second-order valence-corrected chi connectivity index (χ2v) is 3.95. The Morgan fingerprint density at radius 3 is 2.71 bits per heavy atom. The molecule has 0 aromatic heterocycles. The van der Waals surface area contributed by atoms with Crippen LogP contribution in [-0.2, 0) is 4.74 Å². The number of hydrogen-bond acceptors (Lipinski definition) is 1. The van der Waals surface area contributed by atoms with E-state index in [9.17, 15) is 0 Å². The SMILES string of the molecule is CC#CCO[C@@H](C)c1cccc2ccccc12. The Morgan fingerprint density at radius 2 is 1.88 bits per heavy atom. The highest BCUT2D eigenvalue weighted by Crippen LogP contribution is 2.25. The predicted octanol–water partition coefficient (Wildman–Crippen LogP) is 3.94. The first-order valence-electron chi connectivity index (χ1n) is 5.82. The van der Waals surface area contributed by atoms with E-state index in [2.05, 4.69) is 61.2 Å². The molecular formula is C16H16O. The minimum absolute atomic E-state index is 0.0712. The van der Waals surface area contributed by atoms with E-state index in [0.717, 1.165) is 0 Å². The average Bonchev–Trinajstić information content (AvgIpc) is 2.38. The van der Waals surface area contributed by atoms with Crippen molar-refractivity contribution in [1.82, 2.24) is 0 Å². The summed E-state index contributed by atoms with van der Waals surface area (Å²) < 4.78 is 5.70. The van der Waals surface area contributed by atoms with Gasteiger partial charge in [0.25, 0.3) is 0 Å². The monoisotopic (exact) mass is 224 g/mol. The molecule has 0 saturated heterocycles. The Labute approximate surface area is 102 Å². The van der Waals surface area contributed by atoms with Crippen LogP contribution in [0.15, 0.2) is 42.5 Å². The molecule has 2 rings (SSSR count). The highest BCUT2D eigenvalue weighted by Gasteiger charge is 2.08. The third-order valence-electron chi connectivity index (χ3n) is 2.84. The van der Waals surface area contributed by atoms with E-state index in [0.29, 0.717) is 6.61 Å². The molecule has 17 heavy (non-hydrogen) atoms. The Morgan fingerprint density at radius 1 is 1.12 bits per heavy atom. The molecule has 0 aliphatic rings. The van der Waals surface area contributed by atoms with Crippen LogP contribution in [0.5, 0.6) is 0 Å². The first kappa shape index (κ1) is 11.7. The first-order chi connectivity index (χ1) is 8.33. The minimum atomic E-state index is 0.0712. The summed E-state index contributed by atoms with van der Waals surface area (Å²) in [5, 5.41) is 2.51. The molecule has 1 heteroatoms. The van der Waals surface area contributed by atoms with E-state index in [1.165, 1.54) is 16.3 Å². The van der Waals surface area contributed by atoms with E-state index < -0.39 is 0 Å². The van der Waals surface area contributed by atoms with Gasteiger partial charge < -0.3 is 4.74 Å². The molecule has 0 amide bonds. The van der Waals surface area contributed by atoms with Gasteiger partial charge in [0.15, 0.2) is 0 Å². The Hall–Kier alpha value is -1.78. The van der Waals surface area contributed by atoms with E-state index in [1.807, 2.05) is 6.92 Å². The Balaban J connectivity index is 2.30. The van der Waals surface area contributed by atoms with Gasteiger partial charge in [-0.3, -0.25) is 0 Å². The van der Waals surface area contributed by atoms with Crippen molar-refractivity contribution in [3.8, 4) is 11.8 Å². The van der Waals surface area contributed by atoms with Gasteiger partial charge in [-0.2, -0.15) is 0 Å². The molecule has 0 saturated carbocycles. The summed E-state index contributed by atoms with van der Waals surface area (Å²) in [6.07, 6.45) is 0.0712. The van der Waals surface area contributed by atoms with Crippen LogP contribution in [0, 0.1) is 11.8 Å². The molecule has 2 aromatic rings. The maximum Gasteiger partial charge on any atom is 0.108 e. The van der Waals surface area contributed by atoms with Crippen LogP contribution in [0.4, 0.5) is 0 Å². The van der Waals surface area contributed by atoms with E-state index in [-0.39, 0.29) is 6.10 Å². The fourth-order valence-corrected chi connectivity index (χ4v) is 1.93. The third kappa shape index (κ3) is 2.67. The summed E-state index contributed by atoms with van der Waals surface area (Å²) in [5.41, 5.74) is 1.22. The van der Waals surface area contributed by atoms with Crippen molar-refractivity contribution in [2.75, 3.05) is 6.61 Å². The maximum atomic E-state index is 5.70. The van der Waals surface area contributed by atoms with Gasteiger partial charge in [0, 0.05) is 0 Å². The molecule has 86 valence electrons. The molecule has 0 spiro atoms. The van der Waals surface area contributed by atoms with Crippen LogP contribution >= 0.6 is 0 Å². The van der Waals surface area contributed by atoms with Crippen molar-refractivity contribution in [3.05, 3.63) is 48.0 Å². The van der Waals surface area contributed by atoms with Crippen LogP contribution in [0.1, 0.15) is 25.5 Å². The quantitative estimate of drug-likeness (QED) is 0.717. The van der Waals surface area contributed by atoms with Crippen molar-refractivity contribution in [2.45, 2.75) is 20.0 Å². The molecular weight excluding hydrogens is 208 g/mol. The third-order valence-corrected chi connectivity index (χ3v) is 2.84. The van der Waals surface area contributed by atoms with Crippen LogP contribution < -0.4 is 0 Å². The fourth-order valence-electron chi connectivity index (χ4n) is 1.93. The molecule has 0 N–H and O–H groups in total. The molecule has 0 radical (unpaired) electrons. The van der Waals surface area contributed by atoms with E-state index in [1.54, 1.807) is 0 Å². The summed E-state index contributed by atoms with van der Waals surface area (Å²) in [4.78, 5) is 0. The van der Waals surface area contributed by atoms with Gasteiger partial charge >= 0.3 is 0 Å². The van der Waals surface area contributed by atoms with Gasteiger partial charge in [0.05, 0.1) is 6.10 Å². The molecule has 0 aliphatic carbocycles. The largest absolute Gasteiger partial charge is 0.361 e. The van der Waals surface area contributed by atoms with Gasteiger partial charge in [-0.25, -0.2) is 0 Å². The summed E-state index contributed by atoms with van der Waals surface area (Å²) in [5.74, 6) is 5.76.